The molecule has 0 saturated heterocycles. The van der Waals surface area contributed by atoms with Gasteiger partial charge in [-0.3, -0.25) is 4.79 Å². The number of methoxy groups -OCH3 is 1. The molecule has 2 aromatic rings. The molecule has 0 aliphatic heterocycles. The van der Waals surface area contributed by atoms with E-state index in [0.717, 1.165) is 23.8 Å². The first-order valence-electron chi connectivity index (χ1n) is 9.33. The van der Waals surface area contributed by atoms with E-state index in [9.17, 15) is 4.79 Å². The third-order valence-corrected chi connectivity index (χ3v) is 4.44. The molecule has 0 radical (unpaired) electrons. The van der Waals surface area contributed by atoms with Crippen molar-refractivity contribution in [3.05, 3.63) is 52.6 Å². The van der Waals surface area contributed by atoms with E-state index in [0.29, 0.717) is 36.0 Å². The van der Waals surface area contributed by atoms with Gasteiger partial charge in [0.2, 0.25) is 5.75 Å². The number of carbonyl (C=O) groups is 1. The predicted molar refractivity (Wildman–Crippen MR) is 108 cm³/mol. The third-order valence-electron chi connectivity index (χ3n) is 4.44. The van der Waals surface area contributed by atoms with Gasteiger partial charge in [-0.15, -0.1) is 0 Å². The van der Waals surface area contributed by atoms with Gasteiger partial charge in [0.05, 0.1) is 19.3 Å². The number of benzene rings is 2. The first-order valence-corrected chi connectivity index (χ1v) is 9.33. The number of rotatable bonds is 8. The van der Waals surface area contributed by atoms with E-state index < -0.39 is 0 Å². The number of hydrogen-bond donors (Lipinski definition) is 0. The molecule has 0 unspecified atom stereocenters. The normalized spacial score (nSPS) is 11.2. The lowest BCUT2D eigenvalue weighted by Gasteiger charge is -2.20. The molecule has 0 spiro atoms. The summed E-state index contributed by atoms with van der Waals surface area (Å²) in [6.45, 7) is 11.3. The number of hydrogen-bond acceptors (Lipinski definition) is 4. The zero-order valence-corrected chi connectivity index (χ0v) is 17.2. The lowest BCUT2D eigenvalue weighted by atomic mass is 9.87. The maximum atomic E-state index is 11.7. The Bertz CT molecular complexity index is 770. The number of aldehydes is 1. The number of ether oxygens (including phenoxy) is 3. The third kappa shape index (κ3) is 5.03. The van der Waals surface area contributed by atoms with Crippen LogP contribution in [0.4, 0.5) is 0 Å². The van der Waals surface area contributed by atoms with Gasteiger partial charge < -0.3 is 14.2 Å². The van der Waals surface area contributed by atoms with Crippen LogP contribution in [0, 0.1) is 6.92 Å². The van der Waals surface area contributed by atoms with E-state index in [1.165, 1.54) is 5.56 Å². The SMILES string of the molecule is CCCOc1c(OC)cc(C)c(C=O)c1OCc1ccc(C(C)(C)C)cc1. The highest BCUT2D eigenvalue weighted by atomic mass is 16.5. The van der Waals surface area contributed by atoms with Crippen LogP contribution in [0.5, 0.6) is 17.2 Å². The zero-order valence-electron chi connectivity index (χ0n) is 17.2. The average Bonchev–Trinajstić information content (AvgIpc) is 2.64. The molecule has 2 rings (SSSR count). The molecule has 0 aliphatic rings. The van der Waals surface area contributed by atoms with Gasteiger partial charge in [0, 0.05) is 0 Å². The highest BCUT2D eigenvalue weighted by Gasteiger charge is 2.20. The molecule has 0 saturated carbocycles. The van der Waals surface area contributed by atoms with Crippen molar-refractivity contribution < 1.29 is 19.0 Å². The second-order valence-corrected chi connectivity index (χ2v) is 7.67. The van der Waals surface area contributed by atoms with Crippen LogP contribution >= 0.6 is 0 Å². The molecule has 146 valence electrons. The minimum absolute atomic E-state index is 0.106. The fourth-order valence-electron chi connectivity index (χ4n) is 2.79. The van der Waals surface area contributed by atoms with Crippen molar-refractivity contribution in [3.63, 3.8) is 0 Å². The fraction of sp³-hybridized carbons (Fsp3) is 0.435. The Labute approximate surface area is 162 Å². The summed E-state index contributed by atoms with van der Waals surface area (Å²) >= 11 is 0. The van der Waals surface area contributed by atoms with Crippen LogP contribution in [0.3, 0.4) is 0 Å². The van der Waals surface area contributed by atoms with Gasteiger partial charge in [0.1, 0.15) is 6.61 Å². The largest absolute Gasteiger partial charge is 0.493 e. The van der Waals surface area contributed by atoms with Crippen molar-refractivity contribution in [2.24, 2.45) is 0 Å². The van der Waals surface area contributed by atoms with Crippen molar-refractivity contribution in [3.8, 4) is 17.2 Å². The first kappa shape index (κ1) is 20.8. The van der Waals surface area contributed by atoms with Gasteiger partial charge in [-0.25, -0.2) is 0 Å². The Balaban J connectivity index is 2.33. The molecule has 0 aromatic heterocycles. The van der Waals surface area contributed by atoms with Crippen LogP contribution in [0.1, 0.15) is 61.2 Å². The smallest absolute Gasteiger partial charge is 0.204 e. The molecule has 0 bridgehead atoms. The summed E-state index contributed by atoms with van der Waals surface area (Å²) in [5, 5.41) is 0. The Hall–Kier alpha value is -2.49. The minimum Gasteiger partial charge on any atom is -0.493 e. The molecule has 0 atom stereocenters. The highest BCUT2D eigenvalue weighted by Crippen LogP contribution is 2.42. The van der Waals surface area contributed by atoms with Crippen LogP contribution in [-0.4, -0.2) is 20.0 Å². The molecule has 4 heteroatoms. The first-order chi connectivity index (χ1) is 12.8. The fourth-order valence-corrected chi connectivity index (χ4v) is 2.79. The summed E-state index contributed by atoms with van der Waals surface area (Å²) < 4.78 is 17.4. The van der Waals surface area contributed by atoms with E-state index in [1.54, 1.807) is 13.2 Å². The van der Waals surface area contributed by atoms with Gasteiger partial charge >= 0.3 is 0 Å². The summed E-state index contributed by atoms with van der Waals surface area (Å²) in [6, 6.07) is 10.1. The highest BCUT2D eigenvalue weighted by molar-refractivity contribution is 5.85. The summed E-state index contributed by atoms with van der Waals surface area (Å²) in [4.78, 5) is 11.7. The van der Waals surface area contributed by atoms with E-state index in [4.69, 9.17) is 14.2 Å². The molecular formula is C23H30O4. The van der Waals surface area contributed by atoms with Crippen LogP contribution in [-0.2, 0) is 12.0 Å². The molecule has 0 amide bonds. The van der Waals surface area contributed by atoms with Crippen molar-refractivity contribution in [2.45, 2.75) is 53.1 Å². The zero-order chi connectivity index (χ0) is 20.0. The predicted octanol–water partition coefficient (Wildman–Crippen LogP) is 5.48. The van der Waals surface area contributed by atoms with E-state index in [2.05, 4.69) is 45.0 Å². The molecule has 0 fully saturated rings. The minimum atomic E-state index is 0.106. The summed E-state index contributed by atoms with van der Waals surface area (Å²) in [5.41, 5.74) is 3.69. The van der Waals surface area contributed by atoms with Crippen molar-refractivity contribution >= 4 is 6.29 Å². The topological polar surface area (TPSA) is 44.8 Å². The van der Waals surface area contributed by atoms with Gasteiger partial charge in [0.25, 0.3) is 0 Å². The van der Waals surface area contributed by atoms with Gasteiger partial charge in [-0.2, -0.15) is 0 Å². The molecule has 0 aliphatic carbocycles. The molecule has 0 N–H and O–H groups in total. The Morgan fingerprint density at radius 1 is 1.04 bits per heavy atom. The molecular weight excluding hydrogens is 340 g/mol. The van der Waals surface area contributed by atoms with Crippen molar-refractivity contribution in [1.29, 1.82) is 0 Å². The van der Waals surface area contributed by atoms with E-state index >= 15 is 0 Å². The Morgan fingerprint density at radius 2 is 1.70 bits per heavy atom. The molecule has 4 nitrogen and oxygen atoms in total. The van der Waals surface area contributed by atoms with E-state index in [1.807, 2.05) is 13.8 Å². The van der Waals surface area contributed by atoms with Crippen LogP contribution in [0.25, 0.3) is 0 Å². The summed E-state index contributed by atoms with van der Waals surface area (Å²) in [7, 11) is 1.59. The van der Waals surface area contributed by atoms with Crippen molar-refractivity contribution in [1.82, 2.24) is 0 Å². The quantitative estimate of drug-likeness (QED) is 0.577. The Morgan fingerprint density at radius 3 is 2.22 bits per heavy atom. The van der Waals surface area contributed by atoms with E-state index in [-0.39, 0.29) is 5.41 Å². The van der Waals surface area contributed by atoms with Gasteiger partial charge in [-0.05, 0) is 41.5 Å². The molecule has 2 aromatic carbocycles. The molecule has 27 heavy (non-hydrogen) atoms. The Kier molecular flexibility index (Phi) is 6.89. The standard InChI is InChI=1S/C23H30O4/c1-7-12-26-22-20(25-6)13-16(2)19(14-24)21(22)27-15-17-8-10-18(11-9-17)23(3,4)5/h8-11,13-14H,7,12,15H2,1-6H3. The lowest BCUT2D eigenvalue weighted by molar-refractivity contribution is 0.111. The average molecular weight is 370 g/mol. The number of carbonyl (C=O) groups excluding carboxylic acids is 1. The van der Waals surface area contributed by atoms with Crippen LogP contribution < -0.4 is 14.2 Å². The molecule has 0 heterocycles. The monoisotopic (exact) mass is 370 g/mol. The second kappa shape index (κ2) is 8.94. The van der Waals surface area contributed by atoms with Gasteiger partial charge in [-0.1, -0.05) is 52.0 Å². The number of aryl methyl sites for hydroxylation is 1. The van der Waals surface area contributed by atoms with Crippen LogP contribution in [0.15, 0.2) is 30.3 Å². The second-order valence-electron chi connectivity index (χ2n) is 7.67. The van der Waals surface area contributed by atoms with Gasteiger partial charge in [0.15, 0.2) is 17.8 Å². The lowest BCUT2D eigenvalue weighted by Crippen LogP contribution is -2.11. The summed E-state index contributed by atoms with van der Waals surface area (Å²) in [5.74, 6) is 1.50. The summed E-state index contributed by atoms with van der Waals surface area (Å²) in [6.07, 6.45) is 1.66. The maximum Gasteiger partial charge on any atom is 0.204 e. The van der Waals surface area contributed by atoms with Crippen LogP contribution in [0.2, 0.25) is 0 Å². The van der Waals surface area contributed by atoms with Crippen molar-refractivity contribution in [2.75, 3.05) is 13.7 Å². The maximum absolute atomic E-state index is 11.7.